The van der Waals surface area contributed by atoms with Crippen molar-refractivity contribution >= 4 is 17.7 Å². The molecule has 9 nitrogen and oxygen atoms in total. The first kappa shape index (κ1) is 20.7. The van der Waals surface area contributed by atoms with Gasteiger partial charge in [0.25, 0.3) is 11.5 Å². The third-order valence-electron chi connectivity index (χ3n) is 4.55. The Hall–Kier alpha value is -4.53. The van der Waals surface area contributed by atoms with E-state index in [1.165, 1.54) is 19.2 Å². The van der Waals surface area contributed by atoms with E-state index in [2.05, 4.69) is 15.5 Å². The van der Waals surface area contributed by atoms with Crippen molar-refractivity contribution < 1.29 is 14.3 Å². The number of anilines is 1. The fraction of sp³-hybridized carbons (Fsp3) is 0.0870. The predicted molar refractivity (Wildman–Crippen MR) is 117 cm³/mol. The molecule has 0 saturated heterocycles. The normalized spacial score (nSPS) is 10.5. The number of rotatable bonds is 6. The van der Waals surface area contributed by atoms with Gasteiger partial charge in [-0.3, -0.25) is 9.59 Å². The molecule has 1 amide bonds. The highest BCUT2D eigenvalue weighted by molar-refractivity contribution is 5.94. The second-order valence-corrected chi connectivity index (χ2v) is 6.83. The number of carbonyl (C=O) groups excluding carboxylic acids is 2. The Bertz CT molecular complexity index is 1310. The molecule has 4 rings (SSSR count). The summed E-state index contributed by atoms with van der Waals surface area (Å²) in [5.74, 6) is -0.923. The van der Waals surface area contributed by atoms with E-state index in [4.69, 9.17) is 4.74 Å². The lowest BCUT2D eigenvalue weighted by Gasteiger charge is -2.09. The number of benzene rings is 2. The van der Waals surface area contributed by atoms with Gasteiger partial charge in [-0.05, 0) is 18.2 Å². The highest BCUT2D eigenvalue weighted by atomic mass is 16.5. The molecule has 0 saturated carbocycles. The summed E-state index contributed by atoms with van der Waals surface area (Å²) >= 11 is 0. The van der Waals surface area contributed by atoms with Crippen molar-refractivity contribution in [2.75, 3.05) is 11.9 Å². The van der Waals surface area contributed by atoms with Crippen molar-refractivity contribution in [1.82, 2.24) is 19.6 Å². The van der Waals surface area contributed by atoms with E-state index >= 15 is 0 Å². The van der Waals surface area contributed by atoms with Crippen LogP contribution in [0.15, 0.2) is 83.7 Å². The van der Waals surface area contributed by atoms with Gasteiger partial charge in [0.1, 0.15) is 5.82 Å². The van der Waals surface area contributed by atoms with Gasteiger partial charge in [0.15, 0.2) is 12.3 Å². The van der Waals surface area contributed by atoms with Crippen LogP contribution in [0.4, 0.5) is 5.82 Å². The van der Waals surface area contributed by atoms with E-state index in [1.807, 2.05) is 60.7 Å². The summed E-state index contributed by atoms with van der Waals surface area (Å²) in [6.07, 6.45) is 0. The largest absolute Gasteiger partial charge is 0.451 e. The standard InChI is InChI=1S/C23H19N5O4/c1-27-22(30)13-12-18(25-27)23(31)32-15-21(29)24-20-14-19(16-8-4-2-5-9-16)26-28(20)17-10-6-3-7-11-17/h2-14H,15H2,1H3,(H,24,29). The zero-order valence-electron chi connectivity index (χ0n) is 17.1. The highest BCUT2D eigenvalue weighted by Crippen LogP contribution is 2.24. The molecule has 0 spiro atoms. The maximum absolute atomic E-state index is 12.5. The van der Waals surface area contributed by atoms with Gasteiger partial charge in [0.05, 0.1) is 11.4 Å². The molecule has 1 N–H and O–H groups in total. The highest BCUT2D eigenvalue weighted by Gasteiger charge is 2.16. The van der Waals surface area contributed by atoms with E-state index in [9.17, 15) is 14.4 Å². The number of para-hydroxylation sites is 1. The first-order valence-corrected chi connectivity index (χ1v) is 9.73. The fourth-order valence-corrected chi connectivity index (χ4v) is 2.98. The van der Waals surface area contributed by atoms with E-state index in [1.54, 1.807) is 10.7 Å². The number of carbonyl (C=O) groups is 2. The summed E-state index contributed by atoms with van der Waals surface area (Å²) in [5, 5.41) is 11.2. The number of nitrogens with zero attached hydrogens (tertiary/aromatic N) is 4. The van der Waals surface area contributed by atoms with E-state index in [0.29, 0.717) is 11.5 Å². The fourth-order valence-electron chi connectivity index (χ4n) is 2.98. The van der Waals surface area contributed by atoms with Gasteiger partial charge in [-0.1, -0.05) is 48.5 Å². The third kappa shape index (κ3) is 4.62. The molecule has 0 atom stereocenters. The van der Waals surface area contributed by atoms with Crippen molar-refractivity contribution in [3.8, 4) is 16.9 Å². The second-order valence-electron chi connectivity index (χ2n) is 6.83. The molecule has 32 heavy (non-hydrogen) atoms. The average Bonchev–Trinajstić information content (AvgIpc) is 3.24. The Morgan fingerprint density at radius 3 is 2.31 bits per heavy atom. The molecule has 2 aromatic carbocycles. The summed E-state index contributed by atoms with van der Waals surface area (Å²) in [6, 6.07) is 23.1. The van der Waals surface area contributed by atoms with E-state index in [-0.39, 0.29) is 11.3 Å². The lowest BCUT2D eigenvalue weighted by molar-refractivity contribution is -0.119. The minimum absolute atomic E-state index is 0.0689. The van der Waals surface area contributed by atoms with Gasteiger partial charge < -0.3 is 10.1 Å². The molecule has 9 heteroatoms. The van der Waals surface area contributed by atoms with Gasteiger partial charge in [-0.15, -0.1) is 0 Å². The van der Waals surface area contributed by atoms with Crippen LogP contribution in [0, 0.1) is 0 Å². The lowest BCUT2D eigenvalue weighted by atomic mass is 10.2. The van der Waals surface area contributed by atoms with Gasteiger partial charge in [-0.2, -0.15) is 10.2 Å². The maximum atomic E-state index is 12.5. The Balaban J connectivity index is 1.51. The molecule has 0 bridgehead atoms. The summed E-state index contributed by atoms with van der Waals surface area (Å²) in [5.41, 5.74) is 1.90. The van der Waals surface area contributed by atoms with Crippen LogP contribution in [0.3, 0.4) is 0 Å². The Morgan fingerprint density at radius 2 is 1.62 bits per heavy atom. The number of esters is 1. The molecular formula is C23H19N5O4. The Labute approximate surface area is 182 Å². The molecule has 2 aromatic heterocycles. The first-order chi connectivity index (χ1) is 15.5. The molecule has 0 unspecified atom stereocenters. The molecule has 4 aromatic rings. The van der Waals surface area contributed by atoms with Gasteiger partial charge in [-0.25, -0.2) is 14.2 Å². The molecule has 0 radical (unpaired) electrons. The molecular weight excluding hydrogens is 410 g/mol. The van der Waals surface area contributed by atoms with Crippen LogP contribution in [-0.4, -0.2) is 38.0 Å². The van der Waals surface area contributed by atoms with Crippen molar-refractivity contribution in [2.45, 2.75) is 0 Å². The van der Waals surface area contributed by atoms with Crippen LogP contribution in [-0.2, 0) is 16.6 Å². The molecule has 0 fully saturated rings. The number of hydrogen-bond acceptors (Lipinski definition) is 6. The first-order valence-electron chi connectivity index (χ1n) is 9.73. The van der Waals surface area contributed by atoms with Crippen molar-refractivity contribution in [3.05, 3.63) is 94.9 Å². The van der Waals surface area contributed by atoms with Gasteiger partial charge in [0, 0.05) is 24.7 Å². The summed E-state index contributed by atoms with van der Waals surface area (Å²) in [4.78, 5) is 36.0. The zero-order valence-corrected chi connectivity index (χ0v) is 17.1. The molecule has 0 aliphatic carbocycles. The van der Waals surface area contributed by atoms with Crippen LogP contribution < -0.4 is 10.9 Å². The number of amides is 1. The number of aryl methyl sites for hydroxylation is 1. The van der Waals surface area contributed by atoms with Crippen LogP contribution in [0.5, 0.6) is 0 Å². The number of ether oxygens (including phenoxy) is 1. The van der Waals surface area contributed by atoms with Crippen molar-refractivity contribution in [2.24, 2.45) is 7.05 Å². The smallest absolute Gasteiger partial charge is 0.359 e. The number of aromatic nitrogens is 4. The van der Waals surface area contributed by atoms with E-state index in [0.717, 1.165) is 15.9 Å². The van der Waals surface area contributed by atoms with Crippen molar-refractivity contribution in [1.29, 1.82) is 0 Å². The average molecular weight is 429 g/mol. The maximum Gasteiger partial charge on any atom is 0.359 e. The predicted octanol–water partition coefficient (Wildman–Crippen LogP) is 2.43. The van der Waals surface area contributed by atoms with Gasteiger partial charge in [0.2, 0.25) is 0 Å². The minimum atomic E-state index is -0.808. The summed E-state index contributed by atoms with van der Waals surface area (Å²) in [6.45, 7) is -0.524. The third-order valence-corrected chi connectivity index (χ3v) is 4.55. The lowest BCUT2D eigenvalue weighted by Crippen LogP contribution is -2.25. The number of hydrogen-bond donors (Lipinski definition) is 1. The summed E-state index contributed by atoms with van der Waals surface area (Å²) < 4.78 is 7.66. The van der Waals surface area contributed by atoms with E-state index < -0.39 is 18.5 Å². The van der Waals surface area contributed by atoms with Crippen molar-refractivity contribution in [3.63, 3.8) is 0 Å². The number of nitrogens with one attached hydrogen (secondary N) is 1. The quantitative estimate of drug-likeness (QED) is 0.472. The molecule has 0 aliphatic rings. The Kier molecular flexibility index (Phi) is 5.89. The zero-order chi connectivity index (χ0) is 22.5. The Morgan fingerprint density at radius 1 is 0.938 bits per heavy atom. The molecule has 160 valence electrons. The monoisotopic (exact) mass is 429 g/mol. The van der Waals surface area contributed by atoms with Crippen LogP contribution >= 0.6 is 0 Å². The summed E-state index contributed by atoms with van der Waals surface area (Å²) in [7, 11) is 1.42. The van der Waals surface area contributed by atoms with Crippen LogP contribution in [0.1, 0.15) is 10.5 Å². The molecule has 0 aliphatic heterocycles. The van der Waals surface area contributed by atoms with Gasteiger partial charge >= 0.3 is 5.97 Å². The SMILES string of the molecule is Cn1nc(C(=O)OCC(=O)Nc2cc(-c3ccccc3)nn2-c2ccccc2)ccc1=O. The van der Waals surface area contributed by atoms with Crippen LogP contribution in [0.2, 0.25) is 0 Å². The van der Waals surface area contributed by atoms with Crippen LogP contribution in [0.25, 0.3) is 16.9 Å². The minimum Gasteiger partial charge on any atom is -0.451 e. The topological polar surface area (TPSA) is 108 Å². The molecule has 2 heterocycles. The second kappa shape index (κ2) is 9.09.